The third-order valence-electron chi connectivity index (χ3n) is 4.14. The van der Waals surface area contributed by atoms with E-state index in [1.54, 1.807) is 0 Å². The van der Waals surface area contributed by atoms with Gasteiger partial charge >= 0.3 is 5.97 Å². The minimum Gasteiger partial charge on any atom is -0.479 e. The Morgan fingerprint density at radius 2 is 1.38 bits per heavy atom. The molecule has 0 aromatic rings. The molecule has 5 N–H and O–H groups in total. The van der Waals surface area contributed by atoms with Crippen LogP contribution in [0, 0.1) is 0 Å². The summed E-state index contributed by atoms with van der Waals surface area (Å²) in [5.74, 6) is 4.66. The van der Waals surface area contributed by atoms with Gasteiger partial charge in [0.2, 0.25) is 0 Å². The molecule has 0 heterocycles. The molecular formula is C16H35N3O2. The molecule has 0 aromatic heterocycles. The number of hydrogen-bond acceptors (Lipinski definition) is 4. The van der Waals surface area contributed by atoms with Crippen molar-refractivity contribution in [2.45, 2.75) is 90.1 Å². The number of rotatable bonds is 14. The van der Waals surface area contributed by atoms with Crippen molar-refractivity contribution in [3.05, 3.63) is 0 Å². The van der Waals surface area contributed by atoms with E-state index in [1.165, 1.54) is 50.0 Å². The van der Waals surface area contributed by atoms with E-state index in [2.05, 4.69) is 6.92 Å². The van der Waals surface area contributed by atoms with Crippen molar-refractivity contribution in [2.24, 2.45) is 11.6 Å². The van der Waals surface area contributed by atoms with E-state index < -0.39 is 11.6 Å². The van der Waals surface area contributed by atoms with Crippen LogP contribution in [0.4, 0.5) is 0 Å². The number of aliphatic carboxylic acids is 1. The predicted molar refractivity (Wildman–Crippen MR) is 87.6 cm³/mol. The molecule has 5 heteroatoms. The van der Waals surface area contributed by atoms with Crippen LogP contribution >= 0.6 is 0 Å². The Morgan fingerprint density at radius 1 is 0.952 bits per heavy atom. The standard InChI is InChI=1S/C16H35N3O2/c1-3-5-6-7-8-9-10-11-12-13-14-16(17,15(20)21)19(18)4-2/h3-14,17-18H2,1-2H3,(H,20,21)/t16-/m1/s1. The van der Waals surface area contributed by atoms with Crippen LogP contribution in [0.15, 0.2) is 0 Å². The molecule has 0 fully saturated rings. The first-order valence-corrected chi connectivity index (χ1v) is 8.53. The normalized spacial score (nSPS) is 14.3. The molecule has 1 atom stereocenters. The largest absolute Gasteiger partial charge is 0.479 e. The van der Waals surface area contributed by atoms with Gasteiger partial charge < -0.3 is 10.8 Å². The van der Waals surface area contributed by atoms with Crippen molar-refractivity contribution >= 4 is 5.97 Å². The summed E-state index contributed by atoms with van der Waals surface area (Å²) in [6.45, 7) is 4.47. The quantitative estimate of drug-likeness (QED) is 0.198. The Labute approximate surface area is 130 Å². The molecule has 0 saturated carbocycles. The first-order chi connectivity index (χ1) is 9.99. The lowest BCUT2D eigenvalue weighted by atomic mass is 10.00. The second-order valence-electron chi connectivity index (χ2n) is 5.95. The highest BCUT2D eigenvalue weighted by atomic mass is 16.4. The first-order valence-electron chi connectivity index (χ1n) is 8.53. The zero-order valence-electron chi connectivity index (χ0n) is 13.9. The van der Waals surface area contributed by atoms with E-state index in [4.69, 9.17) is 11.6 Å². The van der Waals surface area contributed by atoms with E-state index in [-0.39, 0.29) is 0 Å². The van der Waals surface area contributed by atoms with Gasteiger partial charge in [-0.15, -0.1) is 0 Å². The van der Waals surface area contributed by atoms with Crippen molar-refractivity contribution in [1.29, 1.82) is 0 Å². The molecule has 0 bridgehead atoms. The predicted octanol–water partition coefficient (Wildman–Crippen LogP) is 3.23. The zero-order valence-corrected chi connectivity index (χ0v) is 13.9. The molecule has 0 unspecified atom stereocenters. The number of likely N-dealkylation sites (N-methyl/N-ethyl adjacent to an activating group) is 1. The number of hydrogen-bond donors (Lipinski definition) is 3. The number of hydrazine groups is 1. The lowest BCUT2D eigenvalue weighted by Gasteiger charge is -2.33. The molecule has 5 nitrogen and oxygen atoms in total. The smallest absolute Gasteiger partial charge is 0.340 e. The van der Waals surface area contributed by atoms with Crippen LogP contribution in [0.5, 0.6) is 0 Å². The lowest BCUT2D eigenvalue weighted by Crippen LogP contribution is -2.64. The summed E-state index contributed by atoms with van der Waals surface area (Å²) in [4.78, 5) is 11.3. The average molecular weight is 301 g/mol. The topological polar surface area (TPSA) is 92.6 Å². The third-order valence-corrected chi connectivity index (χ3v) is 4.14. The third kappa shape index (κ3) is 8.39. The van der Waals surface area contributed by atoms with Gasteiger partial charge in [-0.1, -0.05) is 71.6 Å². The minimum atomic E-state index is -1.42. The second kappa shape index (κ2) is 12.0. The zero-order chi connectivity index (χ0) is 16.1. The van der Waals surface area contributed by atoms with Gasteiger partial charge in [0.05, 0.1) is 0 Å². The van der Waals surface area contributed by atoms with Gasteiger partial charge in [0.1, 0.15) is 0 Å². The van der Waals surface area contributed by atoms with Crippen molar-refractivity contribution < 1.29 is 9.90 Å². The Balaban J connectivity index is 3.66. The monoisotopic (exact) mass is 301 g/mol. The van der Waals surface area contributed by atoms with E-state index in [0.717, 1.165) is 19.3 Å². The summed E-state index contributed by atoms with van der Waals surface area (Å²) in [6, 6.07) is 0. The minimum absolute atomic E-state index is 0.406. The summed E-state index contributed by atoms with van der Waals surface area (Å²) in [5, 5.41) is 10.5. The molecule has 0 radical (unpaired) electrons. The molecule has 0 aliphatic carbocycles. The summed E-state index contributed by atoms with van der Waals surface area (Å²) in [6.07, 6.45) is 12.6. The van der Waals surface area contributed by atoms with Gasteiger partial charge in [-0.25, -0.2) is 9.80 Å². The molecule has 0 rings (SSSR count). The van der Waals surface area contributed by atoms with Crippen LogP contribution < -0.4 is 11.6 Å². The van der Waals surface area contributed by atoms with E-state index in [9.17, 15) is 9.90 Å². The van der Waals surface area contributed by atoms with Crippen molar-refractivity contribution in [1.82, 2.24) is 5.01 Å². The lowest BCUT2D eigenvalue weighted by molar-refractivity contribution is -0.152. The number of nitrogens with zero attached hydrogens (tertiary/aromatic N) is 1. The maximum Gasteiger partial charge on any atom is 0.340 e. The maximum absolute atomic E-state index is 11.3. The number of carboxylic acid groups (broad SMARTS) is 1. The molecule has 21 heavy (non-hydrogen) atoms. The van der Waals surface area contributed by atoms with Crippen LogP contribution in [0.1, 0.15) is 84.5 Å². The molecular weight excluding hydrogens is 266 g/mol. The van der Waals surface area contributed by atoms with Gasteiger partial charge in [-0.3, -0.25) is 5.84 Å². The average Bonchev–Trinajstić information content (AvgIpc) is 2.47. The second-order valence-corrected chi connectivity index (χ2v) is 5.95. The molecule has 0 aromatic carbocycles. The Morgan fingerprint density at radius 3 is 1.76 bits per heavy atom. The molecule has 0 aliphatic heterocycles. The first kappa shape index (κ1) is 20.3. The molecule has 0 saturated heterocycles. The highest BCUT2D eigenvalue weighted by Crippen LogP contribution is 2.17. The number of carbonyl (C=O) groups is 1. The van der Waals surface area contributed by atoms with E-state index in [1.807, 2.05) is 6.92 Å². The van der Waals surface area contributed by atoms with Gasteiger partial charge in [0, 0.05) is 6.54 Å². The van der Waals surface area contributed by atoms with Crippen molar-refractivity contribution in [3.8, 4) is 0 Å². The molecule has 0 aliphatic rings. The van der Waals surface area contributed by atoms with Crippen LogP contribution in [0.3, 0.4) is 0 Å². The van der Waals surface area contributed by atoms with Crippen LogP contribution in [0.25, 0.3) is 0 Å². The SMILES string of the molecule is CCCCCCCCCCCC[C@](N)(C(=O)O)N(N)CC. The van der Waals surface area contributed by atoms with Gasteiger partial charge in [-0.2, -0.15) is 0 Å². The van der Waals surface area contributed by atoms with Gasteiger partial charge in [0.15, 0.2) is 5.66 Å². The van der Waals surface area contributed by atoms with Gasteiger partial charge in [0.25, 0.3) is 0 Å². The fraction of sp³-hybridized carbons (Fsp3) is 0.938. The molecule has 126 valence electrons. The summed E-state index contributed by atoms with van der Waals surface area (Å²) >= 11 is 0. The Bertz CT molecular complexity index is 274. The highest BCUT2D eigenvalue weighted by molar-refractivity contribution is 5.77. The van der Waals surface area contributed by atoms with Gasteiger partial charge in [-0.05, 0) is 12.8 Å². The van der Waals surface area contributed by atoms with Crippen LogP contribution in [0.2, 0.25) is 0 Å². The summed E-state index contributed by atoms with van der Waals surface area (Å²) in [7, 11) is 0. The number of carboxylic acids is 1. The summed E-state index contributed by atoms with van der Waals surface area (Å²) < 4.78 is 0. The highest BCUT2D eigenvalue weighted by Gasteiger charge is 2.37. The maximum atomic E-state index is 11.3. The van der Waals surface area contributed by atoms with Crippen LogP contribution in [-0.2, 0) is 4.79 Å². The fourth-order valence-electron chi connectivity index (χ4n) is 2.54. The number of nitrogens with two attached hydrogens (primary N) is 2. The van der Waals surface area contributed by atoms with Crippen molar-refractivity contribution in [3.63, 3.8) is 0 Å². The summed E-state index contributed by atoms with van der Waals surface area (Å²) in [5.41, 5.74) is 4.48. The van der Waals surface area contributed by atoms with E-state index in [0.29, 0.717) is 13.0 Å². The number of unbranched alkanes of at least 4 members (excludes halogenated alkanes) is 9. The fourth-order valence-corrected chi connectivity index (χ4v) is 2.54. The van der Waals surface area contributed by atoms with Crippen LogP contribution in [-0.4, -0.2) is 28.3 Å². The molecule has 0 amide bonds. The Hall–Kier alpha value is -0.650. The van der Waals surface area contributed by atoms with E-state index >= 15 is 0 Å². The molecule has 0 spiro atoms. The van der Waals surface area contributed by atoms with Crippen molar-refractivity contribution in [2.75, 3.05) is 6.54 Å². The Kier molecular flexibility index (Phi) is 11.6.